The Morgan fingerprint density at radius 1 is 1.25 bits per heavy atom. The van der Waals surface area contributed by atoms with E-state index in [1.807, 2.05) is 36.1 Å². The Kier molecular flexibility index (Phi) is 7.40. The Balaban J connectivity index is 1.80. The van der Waals surface area contributed by atoms with Crippen molar-refractivity contribution >= 4 is 27.0 Å². The van der Waals surface area contributed by atoms with Gasteiger partial charge in [0.05, 0.1) is 18.2 Å². The van der Waals surface area contributed by atoms with E-state index in [1.54, 1.807) is 13.8 Å². The molecular weight excluding hydrogens is 487 g/mol. The molecule has 2 heterocycles. The van der Waals surface area contributed by atoms with Gasteiger partial charge in [-0.05, 0) is 49.6 Å². The Morgan fingerprint density at radius 2 is 1.97 bits per heavy atom. The fourth-order valence-electron chi connectivity index (χ4n) is 5.00. The number of rotatable bonds is 9. The van der Waals surface area contributed by atoms with E-state index >= 15 is 4.39 Å². The van der Waals surface area contributed by atoms with Crippen LogP contribution in [0, 0.1) is 18.7 Å². The van der Waals surface area contributed by atoms with E-state index in [9.17, 15) is 18.3 Å². The number of para-hydroxylation sites is 1. The summed E-state index contributed by atoms with van der Waals surface area (Å²) in [5.41, 5.74) is 3.83. The van der Waals surface area contributed by atoms with Crippen molar-refractivity contribution in [3.05, 3.63) is 64.6 Å². The third-order valence-corrected chi connectivity index (χ3v) is 7.34. The Bertz CT molecular complexity index is 1390. The van der Waals surface area contributed by atoms with E-state index < -0.39 is 33.9 Å². The number of benzene rings is 2. The fraction of sp³-hybridized carbons (Fsp3) is 0.423. The third kappa shape index (κ3) is 5.25. The molecule has 3 atom stereocenters. The second-order valence-electron chi connectivity index (χ2n) is 9.41. The van der Waals surface area contributed by atoms with E-state index in [2.05, 4.69) is 4.98 Å². The molecule has 0 spiro atoms. The molecule has 10 heteroatoms. The highest BCUT2D eigenvalue weighted by Gasteiger charge is 2.39. The van der Waals surface area contributed by atoms with Gasteiger partial charge in [-0.15, -0.1) is 0 Å². The number of halogens is 1. The van der Waals surface area contributed by atoms with Gasteiger partial charge in [0.2, 0.25) is 0 Å². The van der Waals surface area contributed by atoms with Crippen LogP contribution in [0.25, 0.3) is 10.9 Å². The molecule has 4 rings (SSSR count). The number of H-pyrrole nitrogens is 1. The van der Waals surface area contributed by atoms with Crippen molar-refractivity contribution in [3.8, 4) is 5.75 Å². The summed E-state index contributed by atoms with van der Waals surface area (Å²) in [5, 5.41) is 10.7. The molecular formula is C26H31FN2O6S. The minimum Gasteiger partial charge on any atom is -0.491 e. The van der Waals surface area contributed by atoms with Crippen LogP contribution in [0.15, 0.2) is 36.4 Å². The van der Waals surface area contributed by atoms with Crippen LogP contribution in [-0.4, -0.2) is 61.4 Å². The molecule has 0 amide bonds. The first-order valence-corrected chi connectivity index (χ1v) is 13.6. The molecule has 0 fully saturated rings. The molecule has 0 saturated heterocycles. The summed E-state index contributed by atoms with van der Waals surface area (Å²) in [7, 11) is -3.60. The average Bonchev–Trinajstić information content (AvgIpc) is 3.17. The zero-order valence-electron chi connectivity index (χ0n) is 20.7. The van der Waals surface area contributed by atoms with E-state index in [0.717, 1.165) is 28.4 Å². The highest BCUT2D eigenvalue weighted by Crippen LogP contribution is 2.44. The van der Waals surface area contributed by atoms with Gasteiger partial charge in [0.15, 0.2) is 0 Å². The molecule has 2 N–H and O–H groups in total. The van der Waals surface area contributed by atoms with Crippen molar-refractivity contribution in [2.45, 2.75) is 39.3 Å². The molecule has 0 bridgehead atoms. The lowest BCUT2D eigenvalue weighted by Gasteiger charge is -2.42. The second-order valence-corrected chi connectivity index (χ2v) is 11.1. The van der Waals surface area contributed by atoms with Gasteiger partial charge in [0, 0.05) is 34.7 Å². The van der Waals surface area contributed by atoms with Crippen LogP contribution < -0.4 is 4.74 Å². The predicted molar refractivity (Wildman–Crippen MR) is 134 cm³/mol. The summed E-state index contributed by atoms with van der Waals surface area (Å²) in [6.07, 6.45) is 1.66. The highest BCUT2D eigenvalue weighted by atomic mass is 32.2. The number of aromatic amines is 1. The molecule has 1 unspecified atom stereocenters. The third-order valence-electron chi connectivity index (χ3n) is 6.75. The molecule has 0 saturated carbocycles. The molecule has 0 aliphatic carbocycles. The van der Waals surface area contributed by atoms with Crippen molar-refractivity contribution < 1.29 is 31.6 Å². The minimum atomic E-state index is -3.60. The summed E-state index contributed by atoms with van der Waals surface area (Å²) < 4.78 is 48.6. The highest BCUT2D eigenvalue weighted by molar-refractivity contribution is 7.85. The molecule has 1 aliphatic heterocycles. The molecule has 2 aromatic carbocycles. The largest absolute Gasteiger partial charge is 0.491 e. The number of carboxylic acids is 1. The van der Waals surface area contributed by atoms with Gasteiger partial charge in [0.1, 0.15) is 24.8 Å². The summed E-state index contributed by atoms with van der Waals surface area (Å²) in [5.74, 6) is -1.59. The van der Waals surface area contributed by atoms with Crippen LogP contribution in [0.5, 0.6) is 5.75 Å². The van der Waals surface area contributed by atoms with Crippen LogP contribution in [-0.2, 0) is 25.5 Å². The first-order chi connectivity index (χ1) is 17.0. The number of nitrogens with one attached hydrogen (secondary N) is 1. The SMILES string of the molecule is Cc1c(OCCOS(C)(=O)=O)ccc(F)c1[C@@H]1c2[nH]c3ccccc3c2C[C@@H](C)N1CC(C)C(=O)O. The molecule has 1 aromatic heterocycles. The van der Waals surface area contributed by atoms with Crippen molar-refractivity contribution in [2.24, 2.45) is 5.92 Å². The number of fused-ring (bicyclic) bond motifs is 3. The first kappa shape index (κ1) is 26.1. The number of hydrogen-bond donors (Lipinski definition) is 2. The predicted octanol–water partition coefficient (Wildman–Crippen LogP) is 4.03. The van der Waals surface area contributed by atoms with Crippen LogP contribution in [0.2, 0.25) is 0 Å². The van der Waals surface area contributed by atoms with E-state index in [4.69, 9.17) is 8.92 Å². The maximum absolute atomic E-state index is 15.6. The van der Waals surface area contributed by atoms with E-state index in [-0.39, 0.29) is 25.8 Å². The number of nitrogens with zero attached hydrogens (tertiary/aromatic N) is 1. The summed E-state index contributed by atoms with van der Waals surface area (Å²) in [6, 6.07) is 10.1. The summed E-state index contributed by atoms with van der Waals surface area (Å²) in [6.45, 7) is 5.48. The van der Waals surface area contributed by atoms with Crippen LogP contribution >= 0.6 is 0 Å². The Morgan fingerprint density at radius 3 is 2.67 bits per heavy atom. The standard InChI is InChI=1S/C26H31FN2O6S/c1-15(26(30)31)14-29-16(2)13-19-18-7-5-6-8-21(18)28-24(19)25(29)23-17(3)22(10-9-20(23)27)34-11-12-35-36(4,32)33/h5-10,15-16,25,28H,11-14H2,1-4H3,(H,30,31)/t15?,16-,25-/m1/s1. The summed E-state index contributed by atoms with van der Waals surface area (Å²) in [4.78, 5) is 17.2. The number of hydrogen-bond acceptors (Lipinski definition) is 6. The van der Waals surface area contributed by atoms with Crippen LogP contribution in [0.1, 0.15) is 42.3 Å². The molecule has 36 heavy (non-hydrogen) atoms. The Hall–Kier alpha value is -2.95. The van der Waals surface area contributed by atoms with Crippen LogP contribution in [0.4, 0.5) is 4.39 Å². The van der Waals surface area contributed by atoms with Crippen LogP contribution in [0.3, 0.4) is 0 Å². The lowest BCUT2D eigenvalue weighted by molar-refractivity contribution is -0.142. The molecule has 8 nitrogen and oxygen atoms in total. The number of aliphatic carboxylic acids is 1. The zero-order valence-corrected chi connectivity index (χ0v) is 21.6. The number of ether oxygens (including phenoxy) is 1. The summed E-state index contributed by atoms with van der Waals surface area (Å²) >= 11 is 0. The quantitative estimate of drug-likeness (QED) is 0.325. The van der Waals surface area contributed by atoms with Gasteiger partial charge in [0.25, 0.3) is 10.1 Å². The van der Waals surface area contributed by atoms with Gasteiger partial charge < -0.3 is 14.8 Å². The van der Waals surface area contributed by atoms with Gasteiger partial charge in [-0.3, -0.25) is 13.9 Å². The van der Waals surface area contributed by atoms with Gasteiger partial charge in [-0.1, -0.05) is 25.1 Å². The van der Waals surface area contributed by atoms with Crippen molar-refractivity contribution in [2.75, 3.05) is 26.0 Å². The molecule has 1 aliphatic rings. The molecule has 0 radical (unpaired) electrons. The average molecular weight is 519 g/mol. The topological polar surface area (TPSA) is 109 Å². The van der Waals surface area contributed by atoms with Gasteiger partial charge >= 0.3 is 5.97 Å². The lowest BCUT2D eigenvalue weighted by atomic mass is 9.86. The maximum Gasteiger partial charge on any atom is 0.307 e. The smallest absolute Gasteiger partial charge is 0.307 e. The van der Waals surface area contributed by atoms with Crippen molar-refractivity contribution in [1.82, 2.24) is 9.88 Å². The second kappa shape index (κ2) is 10.2. The first-order valence-electron chi connectivity index (χ1n) is 11.8. The van der Waals surface area contributed by atoms with E-state index in [0.29, 0.717) is 23.3 Å². The van der Waals surface area contributed by atoms with Crippen molar-refractivity contribution in [1.29, 1.82) is 0 Å². The van der Waals surface area contributed by atoms with E-state index in [1.165, 1.54) is 12.1 Å². The maximum atomic E-state index is 15.6. The van der Waals surface area contributed by atoms with Gasteiger partial charge in [-0.2, -0.15) is 8.42 Å². The van der Waals surface area contributed by atoms with Crippen molar-refractivity contribution in [3.63, 3.8) is 0 Å². The number of carboxylic acid groups (broad SMARTS) is 1. The number of aromatic nitrogens is 1. The monoisotopic (exact) mass is 518 g/mol. The molecule has 194 valence electrons. The van der Waals surface area contributed by atoms with Gasteiger partial charge in [-0.25, -0.2) is 4.39 Å². The Labute approximate surface area is 210 Å². The molecule has 3 aromatic rings. The fourth-order valence-corrected chi connectivity index (χ4v) is 5.37. The zero-order chi connectivity index (χ0) is 26.2. The lowest BCUT2D eigenvalue weighted by Crippen LogP contribution is -2.46. The number of carbonyl (C=O) groups is 1. The minimum absolute atomic E-state index is 0.0303. The normalized spacial score (nSPS) is 19.2.